The zero-order valence-corrected chi connectivity index (χ0v) is 31.5. The van der Waals surface area contributed by atoms with Crippen molar-refractivity contribution in [2.75, 3.05) is 53.2 Å². The molecule has 14 nitrogen and oxygen atoms in total. The van der Waals surface area contributed by atoms with Crippen LogP contribution < -0.4 is 4.74 Å². The molecule has 1 aliphatic rings. The predicted octanol–water partition coefficient (Wildman–Crippen LogP) is 3.14. The number of thiophene rings is 1. The van der Waals surface area contributed by atoms with Crippen molar-refractivity contribution in [2.24, 2.45) is 0 Å². The number of aliphatic hydroxyl groups is 3. The maximum absolute atomic E-state index is 12.9. The van der Waals surface area contributed by atoms with Crippen LogP contribution in [0.15, 0.2) is 41.9 Å². The first-order valence-electron chi connectivity index (χ1n) is 18.2. The number of hydrogen-bond acceptors (Lipinski definition) is 14. The summed E-state index contributed by atoms with van der Waals surface area (Å²) in [6, 6.07) is 10.8. The summed E-state index contributed by atoms with van der Waals surface area (Å²) in [6.07, 6.45) is 4.36. The van der Waals surface area contributed by atoms with Gasteiger partial charge in [-0.3, -0.25) is 14.4 Å². The minimum Gasteiger partial charge on any atom is -0.426 e. The lowest BCUT2D eigenvalue weighted by molar-refractivity contribution is -0.236. The summed E-state index contributed by atoms with van der Waals surface area (Å²) in [7, 11) is 1.40. The number of aromatic nitrogens is 3. The van der Waals surface area contributed by atoms with Gasteiger partial charge in [-0.2, -0.15) is 0 Å². The smallest absolute Gasteiger partial charge is 0.313 e. The van der Waals surface area contributed by atoms with Crippen LogP contribution in [0.4, 0.5) is 0 Å². The first kappa shape index (κ1) is 41.9. The standard InChI is InChI=1S/C37H56N4O10S/c1-4-15-40(16-13-32-9-7-18-52-32)29-11-12-33-27(19-29)8-6-10-34(33)51-35(45)14-17-41-20-28(38-39-41)24-47-25-31(50-36(22-43)46-3)26-48-37(23-44)49-30(5-2)21-42/h6-10,18,20,29-31,36-37,42-44H,4-5,11-17,19,21-26H2,1-3H3/t29-,30?,31?,36?,37?/m1/s1. The highest BCUT2D eigenvalue weighted by Gasteiger charge is 2.27. The number of aryl methyl sites for hydroxylation is 1. The fourth-order valence-corrected chi connectivity index (χ4v) is 6.87. The van der Waals surface area contributed by atoms with Crippen LogP contribution in [0, 0.1) is 0 Å². The fourth-order valence-electron chi connectivity index (χ4n) is 6.17. The van der Waals surface area contributed by atoms with Crippen LogP contribution in [0.1, 0.15) is 61.2 Å². The largest absolute Gasteiger partial charge is 0.426 e. The third kappa shape index (κ3) is 13.5. The van der Waals surface area contributed by atoms with Gasteiger partial charge in [0, 0.05) is 24.6 Å². The van der Waals surface area contributed by atoms with Gasteiger partial charge in [0.25, 0.3) is 0 Å². The van der Waals surface area contributed by atoms with Crippen molar-refractivity contribution >= 4 is 17.3 Å². The molecule has 15 heteroatoms. The molecule has 1 aromatic carbocycles. The molecule has 2 aromatic heterocycles. The van der Waals surface area contributed by atoms with Crippen molar-refractivity contribution in [3.8, 4) is 5.75 Å². The van der Waals surface area contributed by atoms with E-state index in [0.29, 0.717) is 30.5 Å². The minimum atomic E-state index is -0.974. The number of carbonyl (C=O) groups is 1. The van der Waals surface area contributed by atoms with Gasteiger partial charge in [0.15, 0.2) is 12.6 Å². The van der Waals surface area contributed by atoms with E-state index in [4.69, 9.17) is 28.4 Å². The van der Waals surface area contributed by atoms with E-state index in [1.54, 1.807) is 10.9 Å². The molecule has 0 spiro atoms. The van der Waals surface area contributed by atoms with Crippen molar-refractivity contribution in [3.63, 3.8) is 0 Å². The number of methoxy groups -OCH3 is 1. The van der Waals surface area contributed by atoms with Crippen LogP contribution in [0.2, 0.25) is 0 Å². The van der Waals surface area contributed by atoms with E-state index in [1.165, 1.54) is 17.6 Å². The SMILES string of the molecule is CCCN(CCc1cccs1)[C@@H]1CCc2c(cccc2OC(=O)CCn2cc(COCC(COC(CO)OC(CC)CO)OC(CO)OC)nn2)C1. The van der Waals surface area contributed by atoms with Crippen LogP contribution in [0.5, 0.6) is 5.75 Å². The number of nitrogens with zero attached hydrogens (tertiary/aromatic N) is 4. The van der Waals surface area contributed by atoms with E-state index >= 15 is 0 Å². The first-order valence-corrected chi connectivity index (χ1v) is 19.1. The van der Waals surface area contributed by atoms with Crippen LogP contribution in [-0.2, 0) is 60.9 Å². The second-order valence-corrected chi connectivity index (χ2v) is 13.8. The summed E-state index contributed by atoms with van der Waals surface area (Å²) in [5.74, 6) is 0.306. The molecule has 3 aromatic rings. The summed E-state index contributed by atoms with van der Waals surface area (Å²) in [5.41, 5.74) is 2.92. The number of ether oxygens (including phenoxy) is 6. The zero-order valence-electron chi connectivity index (χ0n) is 30.6. The topological polar surface area (TPSA) is 167 Å². The molecule has 0 amide bonds. The second kappa shape index (κ2) is 23.1. The highest BCUT2D eigenvalue weighted by molar-refractivity contribution is 7.09. The van der Waals surface area contributed by atoms with Crippen molar-refractivity contribution in [1.29, 1.82) is 0 Å². The Balaban J connectivity index is 1.23. The number of benzene rings is 1. The molecule has 1 aliphatic carbocycles. The monoisotopic (exact) mass is 748 g/mol. The van der Waals surface area contributed by atoms with Gasteiger partial charge >= 0.3 is 5.97 Å². The Hall–Kier alpha value is -2.83. The van der Waals surface area contributed by atoms with Crippen LogP contribution >= 0.6 is 11.3 Å². The van der Waals surface area contributed by atoms with Gasteiger partial charge in [-0.25, -0.2) is 0 Å². The Morgan fingerprint density at radius 1 is 1.04 bits per heavy atom. The van der Waals surface area contributed by atoms with Gasteiger partial charge in [0.2, 0.25) is 0 Å². The second-order valence-electron chi connectivity index (χ2n) is 12.8. The highest BCUT2D eigenvalue weighted by Crippen LogP contribution is 2.32. The van der Waals surface area contributed by atoms with E-state index < -0.39 is 31.4 Å². The molecular formula is C37H56N4O10S. The van der Waals surface area contributed by atoms with Gasteiger partial charge in [-0.05, 0) is 73.7 Å². The molecule has 4 unspecified atom stereocenters. The zero-order chi connectivity index (χ0) is 37.1. The summed E-state index contributed by atoms with van der Waals surface area (Å²) >= 11 is 1.82. The number of esters is 1. The summed E-state index contributed by atoms with van der Waals surface area (Å²) in [5, 5.41) is 39.0. The van der Waals surface area contributed by atoms with E-state index in [2.05, 4.69) is 45.7 Å². The molecule has 0 saturated carbocycles. The van der Waals surface area contributed by atoms with Gasteiger partial charge < -0.3 is 43.7 Å². The van der Waals surface area contributed by atoms with Crippen LogP contribution in [0.25, 0.3) is 0 Å². The van der Waals surface area contributed by atoms with Gasteiger partial charge in [0.1, 0.15) is 17.5 Å². The van der Waals surface area contributed by atoms with Crippen molar-refractivity contribution < 1.29 is 48.5 Å². The van der Waals surface area contributed by atoms with Crippen molar-refractivity contribution in [3.05, 3.63) is 63.6 Å². The lowest BCUT2D eigenvalue weighted by Crippen LogP contribution is -2.41. The summed E-state index contributed by atoms with van der Waals surface area (Å²) < 4.78 is 35.3. The van der Waals surface area contributed by atoms with Crippen LogP contribution in [0.3, 0.4) is 0 Å². The van der Waals surface area contributed by atoms with Gasteiger partial charge in [0.05, 0.1) is 64.9 Å². The van der Waals surface area contributed by atoms with E-state index in [-0.39, 0.29) is 45.4 Å². The van der Waals surface area contributed by atoms with Gasteiger partial charge in [-0.1, -0.05) is 37.3 Å². The molecule has 0 bridgehead atoms. The summed E-state index contributed by atoms with van der Waals surface area (Å²) in [6.45, 7) is 5.60. The van der Waals surface area contributed by atoms with Crippen molar-refractivity contribution in [1.82, 2.24) is 19.9 Å². The van der Waals surface area contributed by atoms with E-state index in [9.17, 15) is 20.1 Å². The Morgan fingerprint density at radius 2 is 1.87 bits per heavy atom. The van der Waals surface area contributed by atoms with E-state index in [1.807, 2.05) is 30.4 Å². The molecule has 0 aliphatic heterocycles. The Labute approximate surface area is 310 Å². The van der Waals surface area contributed by atoms with Gasteiger partial charge in [-0.15, -0.1) is 16.4 Å². The quantitative estimate of drug-likeness (QED) is 0.0623. The number of fused-ring (bicyclic) bond motifs is 1. The predicted molar refractivity (Wildman–Crippen MR) is 194 cm³/mol. The number of carbonyl (C=O) groups excluding carboxylic acids is 1. The molecule has 0 radical (unpaired) electrons. The van der Waals surface area contributed by atoms with E-state index in [0.717, 1.165) is 50.8 Å². The molecule has 290 valence electrons. The molecular weight excluding hydrogens is 692 g/mol. The van der Waals surface area contributed by atoms with Crippen LogP contribution in [-0.4, -0.2) is 125 Å². The molecule has 2 heterocycles. The minimum absolute atomic E-state index is 0.0414. The normalized spacial score (nSPS) is 16.8. The molecule has 52 heavy (non-hydrogen) atoms. The van der Waals surface area contributed by atoms with Crippen molar-refractivity contribution in [2.45, 2.75) is 103 Å². The summed E-state index contributed by atoms with van der Waals surface area (Å²) in [4.78, 5) is 17.0. The maximum atomic E-state index is 12.9. The third-order valence-electron chi connectivity index (χ3n) is 8.95. The first-order chi connectivity index (χ1) is 25.4. The molecule has 5 atom stereocenters. The molecule has 4 rings (SSSR count). The molecule has 3 N–H and O–H groups in total. The third-order valence-corrected chi connectivity index (χ3v) is 9.89. The molecule has 0 fully saturated rings. The lowest BCUT2D eigenvalue weighted by atomic mass is 9.86. The Bertz CT molecular complexity index is 1420. The molecule has 0 saturated heterocycles. The Kier molecular flexibility index (Phi) is 18.6. The average molecular weight is 749 g/mol. The fraction of sp³-hybridized carbons (Fsp3) is 0.649. The maximum Gasteiger partial charge on any atom is 0.313 e. The number of hydrogen-bond donors (Lipinski definition) is 3. The average Bonchev–Trinajstić information content (AvgIpc) is 3.87. The highest BCUT2D eigenvalue weighted by atomic mass is 32.1. The number of rotatable bonds is 26. The lowest BCUT2D eigenvalue weighted by Gasteiger charge is -2.35. The number of aliphatic hydroxyl groups excluding tert-OH is 3. The Morgan fingerprint density at radius 3 is 2.58 bits per heavy atom.